The molecule has 1 rings (SSSR count). The second-order valence-electron chi connectivity index (χ2n) is 7.19. The molecule has 0 bridgehead atoms. The molecule has 0 heterocycles. The first kappa shape index (κ1) is 23.9. The van der Waals surface area contributed by atoms with Crippen molar-refractivity contribution in [2.75, 3.05) is 19.6 Å². The lowest BCUT2D eigenvalue weighted by Crippen LogP contribution is -2.45. The molecule has 0 aromatic heterocycles. The third-order valence-corrected chi connectivity index (χ3v) is 4.55. The molecule has 1 aliphatic carbocycles. The fourth-order valence-corrected chi connectivity index (χ4v) is 3.29. The molecule has 0 spiro atoms. The van der Waals surface area contributed by atoms with Gasteiger partial charge in [-0.05, 0) is 66.7 Å². The van der Waals surface area contributed by atoms with Gasteiger partial charge >= 0.3 is 0 Å². The number of hydrogen-bond acceptors (Lipinski definition) is 3. The zero-order valence-electron chi connectivity index (χ0n) is 16.2. The second kappa shape index (κ2) is 13.2. The molecule has 5 nitrogen and oxygen atoms in total. The van der Waals surface area contributed by atoms with Gasteiger partial charge in [0.2, 0.25) is 0 Å². The molecule has 0 aromatic carbocycles. The Kier molecular flexibility index (Phi) is 13.1. The lowest BCUT2D eigenvalue weighted by Gasteiger charge is -2.30. The van der Waals surface area contributed by atoms with E-state index in [1.165, 1.54) is 0 Å². The van der Waals surface area contributed by atoms with Crippen LogP contribution in [0.2, 0.25) is 0 Å². The summed E-state index contributed by atoms with van der Waals surface area (Å²) in [4.78, 5) is 7.23. The second-order valence-corrected chi connectivity index (χ2v) is 7.19. The summed E-state index contributed by atoms with van der Waals surface area (Å²) in [6, 6.07) is 1.61. The molecule has 0 saturated heterocycles. The van der Waals surface area contributed by atoms with Gasteiger partial charge in [0.05, 0.1) is 6.10 Å². The molecule has 0 aliphatic heterocycles. The summed E-state index contributed by atoms with van der Waals surface area (Å²) in [6.07, 6.45) is 4.82. The number of nitrogens with zero attached hydrogens (tertiary/aromatic N) is 2. The molecule has 0 unspecified atom stereocenters. The molecule has 144 valence electrons. The number of aliphatic hydroxyl groups excluding tert-OH is 1. The quantitative estimate of drug-likeness (QED) is 0.229. The molecular formula is C18H39IN4O. The van der Waals surface area contributed by atoms with E-state index < -0.39 is 0 Å². The maximum Gasteiger partial charge on any atom is 0.191 e. The van der Waals surface area contributed by atoms with Crippen LogP contribution in [0.4, 0.5) is 0 Å². The Bertz CT molecular complexity index is 334. The van der Waals surface area contributed by atoms with Gasteiger partial charge in [-0.15, -0.1) is 24.0 Å². The molecular weight excluding hydrogens is 415 g/mol. The number of nitrogens with one attached hydrogen (secondary N) is 2. The van der Waals surface area contributed by atoms with Crippen LogP contribution in [-0.2, 0) is 0 Å². The molecule has 0 aromatic rings. The maximum atomic E-state index is 9.60. The summed E-state index contributed by atoms with van der Waals surface area (Å²) >= 11 is 0. The number of aliphatic hydroxyl groups is 1. The Balaban J connectivity index is 0.00000529. The van der Waals surface area contributed by atoms with Gasteiger partial charge < -0.3 is 15.7 Å². The largest absolute Gasteiger partial charge is 0.393 e. The van der Waals surface area contributed by atoms with Gasteiger partial charge in [-0.3, -0.25) is 9.89 Å². The van der Waals surface area contributed by atoms with Crippen molar-refractivity contribution in [3.05, 3.63) is 0 Å². The fraction of sp³-hybridized carbons (Fsp3) is 0.944. The van der Waals surface area contributed by atoms with E-state index in [9.17, 15) is 5.11 Å². The number of halogens is 1. The first-order valence-electron chi connectivity index (χ1n) is 9.42. The predicted octanol–water partition coefficient (Wildman–Crippen LogP) is 2.97. The molecule has 1 aliphatic rings. The molecule has 1 saturated carbocycles. The molecule has 6 heteroatoms. The minimum absolute atomic E-state index is 0. The minimum Gasteiger partial charge on any atom is -0.393 e. The van der Waals surface area contributed by atoms with Crippen LogP contribution in [-0.4, -0.2) is 59.8 Å². The van der Waals surface area contributed by atoms with Gasteiger partial charge in [-0.25, -0.2) is 0 Å². The zero-order valence-corrected chi connectivity index (χ0v) is 18.5. The summed E-state index contributed by atoms with van der Waals surface area (Å²) in [6.45, 7) is 13.9. The number of aliphatic imine (C=N–C) groups is 1. The summed E-state index contributed by atoms with van der Waals surface area (Å²) in [5.41, 5.74) is 0. The number of guanidine groups is 1. The average molecular weight is 454 g/mol. The van der Waals surface area contributed by atoms with Crippen molar-refractivity contribution in [3.8, 4) is 0 Å². The van der Waals surface area contributed by atoms with Gasteiger partial charge in [0.15, 0.2) is 5.96 Å². The van der Waals surface area contributed by atoms with Gasteiger partial charge in [0.25, 0.3) is 0 Å². The van der Waals surface area contributed by atoms with Crippen molar-refractivity contribution in [2.24, 2.45) is 4.99 Å². The molecule has 3 N–H and O–H groups in total. The molecule has 0 radical (unpaired) electrons. The van der Waals surface area contributed by atoms with E-state index in [0.29, 0.717) is 18.1 Å². The van der Waals surface area contributed by atoms with Crippen LogP contribution in [0.3, 0.4) is 0 Å². The SMILES string of the molecule is CCNC(=NCCCN(C(C)C)C(C)C)NC1CCC(O)CC1.I. The third-order valence-electron chi connectivity index (χ3n) is 4.55. The normalized spacial score (nSPS) is 22.0. The van der Waals surface area contributed by atoms with Crippen molar-refractivity contribution >= 4 is 29.9 Å². The zero-order chi connectivity index (χ0) is 17.2. The van der Waals surface area contributed by atoms with Gasteiger partial charge in [-0.1, -0.05) is 0 Å². The van der Waals surface area contributed by atoms with E-state index in [2.05, 4.69) is 50.2 Å². The van der Waals surface area contributed by atoms with Crippen LogP contribution in [0.1, 0.15) is 66.7 Å². The van der Waals surface area contributed by atoms with Crippen LogP contribution in [0.15, 0.2) is 4.99 Å². The Morgan fingerprint density at radius 3 is 2.21 bits per heavy atom. The summed E-state index contributed by atoms with van der Waals surface area (Å²) < 4.78 is 0. The van der Waals surface area contributed by atoms with E-state index >= 15 is 0 Å². The average Bonchev–Trinajstić information content (AvgIpc) is 2.48. The molecule has 0 atom stereocenters. The smallest absolute Gasteiger partial charge is 0.191 e. The Hall–Kier alpha value is -0.0800. The van der Waals surface area contributed by atoms with E-state index in [4.69, 9.17) is 4.99 Å². The highest BCUT2D eigenvalue weighted by Gasteiger charge is 2.20. The van der Waals surface area contributed by atoms with Crippen LogP contribution in [0.25, 0.3) is 0 Å². The van der Waals surface area contributed by atoms with Crippen LogP contribution in [0, 0.1) is 0 Å². The van der Waals surface area contributed by atoms with Crippen LogP contribution < -0.4 is 10.6 Å². The van der Waals surface area contributed by atoms with Crippen molar-refractivity contribution in [1.82, 2.24) is 15.5 Å². The summed E-state index contributed by atoms with van der Waals surface area (Å²) in [7, 11) is 0. The highest BCUT2D eigenvalue weighted by molar-refractivity contribution is 14.0. The van der Waals surface area contributed by atoms with Crippen LogP contribution in [0.5, 0.6) is 0 Å². The third kappa shape index (κ3) is 9.42. The van der Waals surface area contributed by atoms with Crippen molar-refractivity contribution in [2.45, 2.75) is 91.0 Å². The van der Waals surface area contributed by atoms with Gasteiger partial charge in [0.1, 0.15) is 0 Å². The lowest BCUT2D eigenvalue weighted by atomic mass is 9.93. The van der Waals surface area contributed by atoms with Gasteiger partial charge in [0, 0.05) is 37.8 Å². The minimum atomic E-state index is -0.106. The number of rotatable bonds is 8. The van der Waals surface area contributed by atoms with E-state index in [1.54, 1.807) is 0 Å². The van der Waals surface area contributed by atoms with Crippen molar-refractivity contribution < 1.29 is 5.11 Å². The highest BCUT2D eigenvalue weighted by atomic mass is 127. The fourth-order valence-electron chi connectivity index (χ4n) is 3.29. The van der Waals surface area contributed by atoms with Crippen molar-refractivity contribution in [3.63, 3.8) is 0 Å². The first-order valence-corrected chi connectivity index (χ1v) is 9.42. The van der Waals surface area contributed by atoms with E-state index in [1.807, 2.05) is 0 Å². The maximum absolute atomic E-state index is 9.60. The van der Waals surface area contributed by atoms with Crippen LogP contribution >= 0.6 is 24.0 Å². The number of hydrogen-bond donors (Lipinski definition) is 3. The van der Waals surface area contributed by atoms with Gasteiger partial charge in [-0.2, -0.15) is 0 Å². The molecule has 24 heavy (non-hydrogen) atoms. The first-order chi connectivity index (χ1) is 10.9. The highest BCUT2D eigenvalue weighted by Crippen LogP contribution is 2.18. The lowest BCUT2D eigenvalue weighted by molar-refractivity contribution is 0.120. The monoisotopic (exact) mass is 454 g/mol. The summed E-state index contributed by atoms with van der Waals surface area (Å²) in [5.74, 6) is 0.925. The molecule has 1 fully saturated rings. The van der Waals surface area contributed by atoms with Crippen molar-refractivity contribution in [1.29, 1.82) is 0 Å². The standard InChI is InChI=1S/C18H38N4O.HI/c1-6-19-18(21-16-8-10-17(23)11-9-16)20-12-7-13-22(14(2)3)15(4)5;/h14-17,23H,6-13H2,1-5H3,(H2,19,20,21);1H. The predicted molar refractivity (Wildman–Crippen MR) is 114 cm³/mol. The van der Waals surface area contributed by atoms with E-state index in [0.717, 1.165) is 57.7 Å². The Morgan fingerprint density at radius 1 is 1.12 bits per heavy atom. The Morgan fingerprint density at radius 2 is 1.71 bits per heavy atom. The topological polar surface area (TPSA) is 59.9 Å². The summed E-state index contributed by atoms with van der Waals surface area (Å²) in [5, 5.41) is 16.5. The molecule has 0 amide bonds. The van der Waals surface area contributed by atoms with E-state index in [-0.39, 0.29) is 30.1 Å². The Labute approximate surface area is 166 Å².